The highest BCUT2D eigenvalue weighted by Gasteiger charge is 2.82. The number of carbonyl (C=O) groups is 2. The fraction of sp³-hybridized carbons (Fsp3) is 0.750. The number of aliphatic carboxylic acids is 2. The van der Waals surface area contributed by atoms with Crippen LogP contribution in [-0.4, -0.2) is 33.4 Å². The first-order valence-corrected chi connectivity index (χ1v) is 4.29. The van der Waals surface area contributed by atoms with Crippen LogP contribution in [0, 0.1) is 11.8 Å². The van der Waals surface area contributed by atoms with Crippen LogP contribution in [0.4, 0.5) is 4.39 Å². The fourth-order valence-electron chi connectivity index (χ4n) is 2.62. The molecule has 6 heteroatoms. The van der Waals surface area contributed by atoms with Gasteiger partial charge in [0, 0.05) is 11.8 Å². The van der Waals surface area contributed by atoms with Crippen molar-refractivity contribution in [3.8, 4) is 0 Å². The number of halogens is 1. The van der Waals surface area contributed by atoms with Crippen LogP contribution in [0.25, 0.3) is 0 Å². The molecule has 4 N–H and O–H groups in total. The summed E-state index contributed by atoms with van der Waals surface area (Å²) in [6.07, 6.45) is 0.382. The molecular formula is C8H10FNO4. The molecule has 0 spiro atoms. The van der Waals surface area contributed by atoms with Crippen LogP contribution in [0.5, 0.6) is 0 Å². The molecule has 2 aliphatic carbocycles. The van der Waals surface area contributed by atoms with Crippen LogP contribution in [0.3, 0.4) is 0 Å². The molecule has 0 aromatic carbocycles. The fourth-order valence-corrected chi connectivity index (χ4v) is 2.62. The number of nitrogens with two attached hydrogens (primary N) is 1. The summed E-state index contributed by atoms with van der Waals surface area (Å²) in [7, 11) is 0. The zero-order chi connectivity index (χ0) is 10.7. The Labute approximate surface area is 78.7 Å². The van der Waals surface area contributed by atoms with Gasteiger partial charge in [0.05, 0.1) is 0 Å². The summed E-state index contributed by atoms with van der Waals surface area (Å²) < 4.78 is 13.6. The summed E-state index contributed by atoms with van der Waals surface area (Å²) in [5.41, 5.74) is 1.39. The lowest BCUT2D eigenvalue weighted by Gasteiger charge is -2.22. The van der Waals surface area contributed by atoms with E-state index in [2.05, 4.69) is 0 Å². The van der Waals surface area contributed by atoms with Gasteiger partial charge in [0.2, 0.25) is 5.67 Å². The van der Waals surface area contributed by atoms with Gasteiger partial charge in [-0.2, -0.15) is 0 Å². The maximum absolute atomic E-state index is 13.6. The number of carboxylic acids is 2. The van der Waals surface area contributed by atoms with Crippen molar-refractivity contribution in [2.24, 2.45) is 17.6 Å². The van der Waals surface area contributed by atoms with Crippen molar-refractivity contribution in [1.82, 2.24) is 0 Å². The van der Waals surface area contributed by atoms with Crippen LogP contribution in [0.15, 0.2) is 0 Å². The van der Waals surface area contributed by atoms with E-state index in [1.54, 1.807) is 0 Å². The van der Waals surface area contributed by atoms with E-state index in [-0.39, 0.29) is 12.8 Å². The lowest BCUT2D eigenvalue weighted by atomic mass is 9.91. The molecule has 0 aromatic heterocycles. The Balaban J connectivity index is 2.31. The monoisotopic (exact) mass is 203 g/mol. The van der Waals surface area contributed by atoms with Gasteiger partial charge in [-0.25, -0.2) is 9.18 Å². The van der Waals surface area contributed by atoms with Gasteiger partial charge in [-0.1, -0.05) is 0 Å². The Hall–Kier alpha value is -1.17. The van der Waals surface area contributed by atoms with Crippen LogP contribution < -0.4 is 5.73 Å². The van der Waals surface area contributed by atoms with E-state index in [0.717, 1.165) is 0 Å². The molecule has 2 aliphatic rings. The molecule has 78 valence electrons. The summed E-state index contributed by atoms with van der Waals surface area (Å²) >= 11 is 0. The van der Waals surface area contributed by atoms with Gasteiger partial charge in [0.25, 0.3) is 0 Å². The van der Waals surface area contributed by atoms with E-state index in [1.165, 1.54) is 0 Å². The second-order valence-corrected chi connectivity index (χ2v) is 4.04. The van der Waals surface area contributed by atoms with Crippen LogP contribution in [0.2, 0.25) is 0 Å². The number of fused-ring (bicyclic) bond motifs is 1. The number of rotatable bonds is 2. The normalized spacial score (nSPS) is 49.9. The van der Waals surface area contributed by atoms with Crippen molar-refractivity contribution in [3.05, 3.63) is 0 Å². The Morgan fingerprint density at radius 2 is 1.93 bits per heavy atom. The predicted molar refractivity (Wildman–Crippen MR) is 42.2 cm³/mol. The van der Waals surface area contributed by atoms with E-state index in [9.17, 15) is 14.0 Å². The number of carboxylic acid groups (broad SMARTS) is 2. The highest BCUT2D eigenvalue weighted by Crippen LogP contribution is 2.66. The van der Waals surface area contributed by atoms with E-state index >= 15 is 0 Å². The van der Waals surface area contributed by atoms with Crippen LogP contribution in [-0.2, 0) is 9.59 Å². The third-order valence-electron chi connectivity index (χ3n) is 3.44. The molecule has 2 fully saturated rings. The summed E-state index contributed by atoms with van der Waals surface area (Å²) in [4.78, 5) is 21.4. The molecule has 2 unspecified atom stereocenters. The SMILES string of the molecule is N[C@@]1(C(=O)O)CCC2C1[C@]2(F)C(=O)O. The van der Waals surface area contributed by atoms with Crippen LogP contribution in [0.1, 0.15) is 12.8 Å². The molecule has 0 heterocycles. The van der Waals surface area contributed by atoms with E-state index in [0.29, 0.717) is 0 Å². The van der Waals surface area contributed by atoms with Gasteiger partial charge in [-0.3, -0.25) is 4.79 Å². The molecule has 5 nitrogen and oxygen atoms in total. The average Bonchev–Trinajstić information content (AvgIpc) is 2.50. The summed E-state index contributed by atoms with van der Waals surface area (Å²) in [5, 5.41) is 17.4. The van der Waals surface area contributed by atoms with E-state index < -0.39 is 35.0 Å². The third kappa shape index (κ3) is 0.771. The molecule has 0 radical (unpaired) electrons. The van der Waals surface area contributed by atoms with Gasteiger partial charge in [0.1, 0.15) is 5.54 Å². The second-order valence-electron chi connectivity index (χ2n) is 4.04. The highest BCUT2D eigenvalue weighted by atomic mass is 19.1. The van der Waals surface area contributed by atoms with E-state index in [1.807, 2.05) is 0 Å². The molecule has 0 aliphatic heterocycles. The molecule has 2 saturated carbocycles. The molecule has 0 amide bonds. The highest BCUT2D eigenvalue weighted by molar-refractivity contribution is 5.89. The van der Waals surface area contributed by atoms with Crippen molar-refractivity contribution in [1.29, 1.82) is 0 Å². The molecule has 0 bridgehead atoms. The lowest BCUT2D eigenvalue weighted by Crippen LogP contribution is -2.51. The van der Waals surface area contributed by atoms with Crippen molar-refractivity contribution >= 4 is 11.9 Å². The number of hydrogen-bond donors (Lipinski definition) is 3. The first kappa shape index (κ1) is 9.39. The minimum absolute atomic E-state index is 0.149. The molecule has 2 rings (SSSR count). The molecule has 14 heavy (non-hydrogen) atoms. The maximum Gasteiger partial charge on any atom is 0.342 e. The Kier molecular flexibility index (Phi) is 1.51. The third-order valence-corrected chi connectivity index (χ3v) is 3.44. The topological polar surface area (TPSA) is 101 Å². The molecule has 4 atom stereocenters. The maximum atomic E-state index is 13.6. The Bertz CT molecular complexity index is 333. The zero-order valence-electron chi connectivity index (χ0n) is 7.24. The summed E-state index contributed by atoms with van der Waals surface area (Å²) in [5.74, 6) is -4.69. The van der Waals surface area contributed by atoms with Crippen molar-refractivity contribution < 1.29 is 24.2 Å². The van der Waals surface area contributed by atoms with Crippen LogP contribution >= 0.6 is 0 Å². The van der Waals surface area contributed by atoms with Gasteiger partial charge < -0.3 is 15.9 Å². The number of alkyl halides is 1. The second kappa shape index (κ2) is 2.25. The Morgan fingerprint density at radius 1 is 1.36 bits per heavy atom. The molecular weight excluding hydrogens is 193 g/mol. The first-order valence-electron chi connectivity index (χ1n) is 4.29. The van der Waals surface area contributed by atoms with Gasteiger partial charge in [-0.15, -0.1) is 0 Å². The predicted octanol–water partition coefficient (Wildman–Crippen LogP) is -0.399. The Morgan fingerprint density at radius 3 is 2.29 bits per heavy atom. The first-order chi connectivity index (χ1) is 6.35. The van der Waals surface area contributed by atoms with Gasteiger partial charge in [-0.05, 0) is 12.8 Å². The largest absolute Gasteiger partial charge is 0.480 e. The molecule has 0 aromatic rings. The standard InChI is InChI=1S/C8H10FNO4/c9-8(6(13)14)3-1-2-7(10,4(3)8)5(11)12/h3-4H,1-2,10H2,(H,11,12)(H,13,14)/t3?,4?,7-,8-/m0/s1. The summed E-state index contributed by atoms with van der Waals surface area (Å²) in [6, 6.07) is 0. The lowest BCUT2D eigenvalue weighted by molar-refractivity contribution is -0.149. The van der Waals surface area contributed by atoms with Gasteiger partial charge in [0.15, 0.2) is 0 Å². The van der Waals surface area contributed by atoms with Crippen molar-refractivity contribution in [2.45, 2.75) is 24.0 Å². The van der Waals surface area contributed by atoms with E-state index in [4.69, 9.17) is 15.9 Å². The average molecular weight is 203 g/mol. The van der Waals surface area contributed by atoms with Gasteiger partial charge >= 0.3 is 11.9 Å². The molecule has 0 saturated heterocycles. The van der Waals surface area contributed by atoms with Crippen molar-refractivity contribution in [3.63, 3.8) is 0 Å². The summed E-state index contributed by atoms with van der Waals surface area (Å²) in [6.45, 7) is 0. The number of hydrogen-bond acceptors (Lipinski definition) is 3. The smallest absolute Gasteiger partial charge is 0.342 e. The van der Waals surface area contributed by atoms with Crippen molar-refractivity contribution in [2.75, 3.05) is 0 Å². The zero-order valence-corrected chi connectivity index (χ0v) is 7.24. The quantitative estimate of drug-likeness (QED) is 0.567. The minimum Gasteiger partial charge on any atom is -0.480 e. The minimum atomic E-state index is -2.41.